The van der Waals surface area contributed by atoms with Crippen molar-refractivity contribution in [3.05, 3.63) is 29.8 Å². The van der Waals surface area contributed by atoms with Gasteiger partial charge < -0.3 is 5.32 Å². The standard InChI is InChI=1S/C16H24N2O2S/c1-14(2)6-3-4-9-18-10-11-21(19,20)16-8-5-7-15(12-16)13-17/h5,7-8,12,14,18H,3-4,6,9-11H2,1-2H3. The molecule has 0 fully saturated rings. The maximum Gasteiger partial charge on any atom is 0.179 e. The van der Waals surface area contributed by atoms with E-state index in [4.69, 9.17) is 5.26 Å². The molecule has 0 saturated carbocycles. The molecule has 0 bridgehead atoms. The minimum atomic E-state index is -3.31. The molecule has 0 amide bonds. The molecule has 1 aromatic carbocycles. The summed E-state index contributed by atoms with van der Waals surface area (Å²) >= 11 is 0. The fourth-order valence-corrected chi connectivity index (χ4v) is 3.25. The highest BCUT2D eigenvalue weighted by atomic mass is 32.2. The molecule has 1 N–H and O–H groups in total. The second kappa shape index (κ2) is 8.81. The maximum atomic E-state index is 12.1. The quantitative estimate of drug-likeness (QED) is 0.712. The number of hydrogen-bond acceptors (Lipinski definition) is 4. The highest BCUT2D eigenvalue weighted by molar-refractivity contribution is 7.91. The molecule has 0 spiro atoms. The molecule has 0 aliphatic rings. The molecule has 1 rings (SSSR count). The van der Waals surface area contributed by atoms with Crippen LogP contribution in [0.15, 0.2) is 29.2 Å². The number of rotatable bonds is 9. The van der Waals surface area contributed by atoms with Crippen LogP contribution in [0.4, 0.5) is 0 Å². The Bertz CT molecular complexity index is 574. The Balaban J connectivity index is 2.35. The van der Waals surface area contributed by atoms with Crippen LogP contribution in [0.1, 0.15) is 38.7 Å². The van der Waals surface area contributed by atoms with Crippen LogP contribution < -0.4 is 5.32 Å². The van der Waals surface area contributed by atoms with Crippen molar-refractivity contribution in [2.75, 3.05) is 18.8 Å². The molecule has 0 aliphatic heterocycles. The lowest BCUT2D eigenvalue weighted by molar-refractivity contribution is 0.523. The summed E-state index contributed by atoms with van der Waals surface area (Å²) < 4.78 is 24.3. The van der Waals surface area contributed by atoms with Gasteiger partial charge >= 0.3 is 0 Å². The Kier molecular flexibility index (Phi) is 7.41. The minimum Gasteiger partial charge on any atom is -0.316 e. The van der Waals surface area contributed by atoms with Crippen LogP contribution in [0.3, 0.4) is 0 Å². The molecule has 5 heteroatoms. The van der Waals surface area contributed by atoms with Crippen LogP contribution in [0, 0.1) is 17.2 Å². The number of benzene rings is 1. The van der Waals surface area contributed by atoms with Gasteiger partial charge in [-0.05, 0) is 37.1 Å². The number of unbranched alkanes of at least 4 members (excludes halogenated alkanes) is 1. The average molecular weight is 308 g/mol. The largest absolute Gasteiger partial charge is 0.316 e. The van der Waals surface area contributed by atoms with Gasteiger partial charge in [0.1, 0.15) is 0 Å². The third kappa shape index (κ3) is 6.74. The van der Waals surface area contributed by atoms with Gasteiger partial charge in [-0.25, -0.2) is 8.42 Å². The maximum absolute atomic E-state index is 12.1. The summed E-state index contributed by atoms with van der Waals surface area (Å²) in [5.41, 5.74) is 0.373. The zero-order valence-electron chi connectivity index (χ0n) is 12.8. The molecule has 0 aliphatic carbocycles. The summed E-state index contributed by atoms with van der Waals surface area (Å²) in [7, 11) is -3.31. The van der Waals surface area contributed by atoms with Crippen LogP contribution >= 0.6 is 0 Å². The van der Waals surface area contributed by atoms with Crippen LogP contribution in [0.25, 0.3) is 0 Å². The molecule has 21 heavy (non-hydrogen) atoms. The molecular formula is C16H24N2O2S. The van der Waals surface area contributed by atoms with Gasteiger partial charge in [0.05, 0.1) is 22.3 Å². The first-order chi connectivity index (χ1) is 9.95. The van der Waals surface area contributed by atoms with Gasteiger partial charge in [-0.2, -0.15) is 5.26 Å². The van der Waals surface area contributed by atoms with Gasteiger partial charge in [-0.15, -0.1) is 0 Å². The van der Waals surface area contributed by atoms with Gasteiger partial charge in [-0.3, -0.25) is 0 Å². The first-order valence-corrected chi connectivity index (χ1v) is 9.04. The van der Waals surface area contributed by atoms with E-state index in [0.717, 1.165) is 18.9 Å². The van der Waals surface area contributed by atoms with Gasteiger partial charge in [0, 0.05) is 6.54 Å². The van der Waals surface area contributed by atoms with Crippen molar-refractivity contribution in [2.45, 2.75) is 38.0 Å². The zero-order valence-corrected chi connectivity index (χ0v) is 13.6. The third-order valence-electron chi connectivity index (χ3n) is 3.25. The van der Waals surface area contributed by atoms with E-state index >= 15 is 0 Å². The van der Waals surface area contributed by atoms with Gasteiger partial charge in [-0.1, -0.05) is 32.8 Å². The number of nitrogens with one attached hydrogen (secondary N) is 1. The van der Waals surface area contributed by atoms with E-state index in [1.807, 2.05) is 6.07 Å². The van der Waals surface area contributed by atoms with Crippen molar-refractivity contribution in [1.29, 1.82) is 5.26 Å². The lowest BCUT2D eigenvalue weighted by Crippen LogP contribution is -2.24. The van der Waals surface area contributed by atoms with Gasteiger partial charge in [0.25, 0.3) is 0 Å². The van der Waals surface area contributed by atoms with Crippen LogP contribution in [-0.2, 0) is 9.84 Å². The van der Waals surface area contributed by atoms with Crippen molar-refractivity contribution < 1.29 is 8.42 Å². The Morgan fingerprint density at radius 3 is 2.67 bits per heavy atom. The third-order valence-corrected chi connectivity index (χ3v) is 4.97. The van der Waals surface area contributed by atoms with Gasteiger partial charge in [0.2, 0.25) is 0 Å². The van der Waals surface area contributed by atoms with Crippen molar-refractivity contribution in [3.63, 3.8) is 0 Å². The molecule has 0 heterocycles. The molecular weight excluding hydrogens is 284 g/mol. The Hall–Kier alpha value is -1.38. The first-order valence-electron chi connectivity index (χ1n) is 7.39. The molecule has 0 atom stereocenters. The minimum absolute atomic E-state index is 0.0616. The van der Waals surface area contributed by atoms with E-state index in [1.54, 1.807) is 18.2 Å². The number of nitrogens with zero attached hydrogens (tertiary/aromatic N) is 1. The number of hydrogen-bond donors (Lipinski definition) is 1. The number of nitriles is 1. The van der Waals surface area contributed by atoms with Crippen molar-refractivity contribution >= 4 is 9.84 Å². The zero-order chi connectivity index (χ0) is 15.7. The average Bonchev–Trinajstić information content (AvgIpc) is 2.46. The summed E-state index contributed by atoms with van der Waals surface area (Å²) in [5, 5.41) is 12.0. The normalized spacial score (nSPS) is 11.5. The smallest absolute Gasteiger partial charge is 0.179 e. The van der Waals surface area contributed by atoms with Crippen LogP contribution in [0.5, 0.6) is 0 Å². The van der Waals surface area contributed by atoms with Crippen LogP contribution in [0.2, 0.25) is 0 Å². The summed E-state index contributed by atoms with van der Waals surface area (Å²) in [6.07, 6.45) is 3.45. The Morgan fingerprint density at radius 1 is 1.24 bits per heavy atom. The predicted molar refractivity (Wildman–Crippen MR) is 84.8 cm³/mol. The second-order valence-corrected chi connectivity index (χ2v) is 7.71. The fraction of sp³-hybridized carbons (Fsp3) is 0.562. The number of sulfone groups is 1. The highest BCUT2D eigenvalue weighted by Crippen LogP contribution is 2.12. The molecule has 4 nitrogen and oxygen atoms in total. The van der Waals surface area contributed by atoms with E-state index in [1.165, 1.54) is 18.9 Å². The van der Waals surface area contributed by atoms with E-state index in [2.05, 4.69) is 19.2 Å². The lowest BCUT2D eigenvalue weighted by atomic mass is 10.1. The molecule has 1 aromatic rings. The highest BCUT2D eigenvalue weighted by Gasteiger charge is 2.14. The predicted octanol–water partition coefficient (Wildman–Crippen LogP) is 2.75. The molecule has 0 radical (unpaired) electrons. The molecule has 116 valence electrons. The molecule has 0 aromatic heterocycles. The van der Waals surface area contributed by atoms with Crippen molar-refractivity contribution in [3.8, 4) is 6.07 Å². The first kappa shape index (κ1) is 17.7. The van der Waals surface area contributed by atoms with E-state index in [9.17, 15) is 8.42 Å². The monoisotopic (exact) mass is 308 g/mol. The topological polar surface area (TPSA) is 70.0 Å². The Morgan fingerprint density at radius 2 is 2.00 bits per heavy atom. The fourth-order valence-electron chi connectivity index (χ4n) is 2.01. The van der Waals surface area contributed by atoms with E-state index in [0.29, 0.717) is 12.1 Å². The SMILES string of the molecule is CC(C)CCCCNCCS(=O)(=O)c1cccc(C#N)c1. The second-order valence-electron chi connectivity index (χ2n) is 5.60. The summed E-state index contributed by atoms with van der Waals surface area (Å²) in [5.74, 6) is 0.782. The molecule has 0 saturated heterocycles. The van der Waals surface area contributed by atoms with Crippen LogP contribution in [-0.4, -0.2) is 27.3 Å². The molecule has 0 unspecified atom stereocenters. The summed E-state index contributed by atoms with van der Waals surface area (Å²) in [4.78, 5) is 0.225. The van der Waals surface area contributed by atoms with Gasteiger partial charge in [0.15, 0.2) is 9.84 Å². The van der Waals surface area contributed by atoms with E-state index < -0.39 is 9.84 Å². The summed E-state index contributed by atoms with van der Waals surface area (Å²) in [6.45, 7) is 5.70. The van der Waals surface area contributed by atoms with Crippen molar-refractivity contribution in [1.82, 2.24) is 5.32 Å². The van der Waals surface area contributed by atoms with E-state index in [-0.39, 0.29) is 10.6 Å². The Labute approximate surface area is 128 Å². The summed E-state index contributed by atoms with van der Waals surface area (Å²) in [6, 6.07) is 8.13. The lowest BCUT2D eigenvalue weighted by Gasteiger charge is -2.07. The van der Waals surface area contributed by atoms with Crippen molar-refractivity contribution in [2.24, 2.45) is 5.92 Å².